The van der Waals surface area contributed by atoms with Gasteiger partial charge in [0.05, 0.1) is 0 Å². The highest BCUT2D eigenvalue weighted by Gasteiger charge is 2.20. The first-order chi connectivity index (χ1) is 8.70. The molecule has 0 radical (unpaired) electrons. The van der Waals surface area contributed by atoms with Crippen molar-refractivity contribution in [2.45, 2.75) is 58.7 Å². The second-order valence-electron chi connectivity index (χ2n) is 5.47. The molecule has 0 aliphatic heterocycles. The van der Waals surface area contributed by atoms with Crippen molar-refractivity contribution in [2.24, 2.45) is 0 Å². The first-order valence-corrected chi connectivity index (χ1v) is 7.15. The quantitative estimate of drug-likeness (QED) is 0.803. The SMILES string of the molecule is CCCN(c1ccc(CNC2CC2)cn1)C(C)C. The summed E-state index contributed by atoms with van der Waals surface area (Å²) in [4.78, 5) is 6.96. The van der Waals surface area contributed by atoms with Crippen LogP contribution in [0.25, 0.3) is 0 Å². The Kier molecular flexibility index (Phi) is 4.59. The van der Waals surface area contributed by atoms with Crippen LogP contribution >= 0.6 is 0 Å². The lowest BCUT2D eigenvalue weighted by Crippen LogP contribution is -2.32. The predicted octanol–water partition coefficient (Wildman–Crippen LogP) is 2.96. The number of hydrogen-bond donors (Lipinski definition) is 1. The summed E-state index contributed by atoms with van der Waals surface area (Å²) in [7, 11) is 0. The topological polar surface area (TPSA) is 28.2 Å². The third-order valence-electron chi connectivity index (χ3n) is 3.36. The number of nitrogens with one attached hydrogen (secondary N) is 1. The van der Waals surface area contributed by atoms with E-state index in [1.165, 1.54) is 18.4 Å². The second kappa shape index (κ2) is 6.19. The Balaban J connectivity index is 1.95. The Bertz CT molecular complexity index is 355. The molecular weight excluding hydrogens is 222 g/mol. The van der Waals surface area contributed by atoms with Crippen LogP contribution in [-0.4, -0.2) is 23.6 Å². The highest BCUT2D eigenvalue weighted by atomic mass is 15.2. The number of nitrogens with zero attached hydrogens (tertiary/aromatic N) is 2. The van der Waals surface area contributed by atoms with Gasteiger partial charge in [-0.1, -0.05) is 13.0 Å². The Hall–Kier alpha value is -1.09. The maximum atomic E-state index is 4.60. The van der Waals surface area contributed by atoms with Crippen LogP contribution in [0.4, 0.5) is 5.82 Å². The summed E-state index contributed by atoms with van der Waals surface area (Å²) in [5.74, 6) is 1.10. The summed E-state index contributed by atoms with van der Waals surface area (Å²) in [5.41, 5.74) is 1.28. The van der Waals surface area contributed by atoms with Gasteiger partial charge in [0.15, 0.2) is 0 Å². The lowest BCUT2D eigenvalue weighted by atomic mass is 10.2. The zero-order chi connectivity index (χ0) is 13.0. The van der Waals surface area contributed by atoms with Crippen LogP contribution in [0.5, 0.6) is 0 Å². The molecule has 1 aromatic heterocycles. The van der Waals surface area contributed by atoms with E-state index in [0.29, 0.717) is 6.04 Å². The third-order valence-corrected chi connectivity index (χ3v) is 3.36. The van der Waals surface area contributed by atoms with Crippen molar-refractivity contribution >= 4 is 5.82 Å². The van der Waals surface area contributed by atoms with Crippen LogP contribution in [-0.2, 0) is 6.54 Å². The monoisotopic (exact) mass is 247 g/mol. The van der Waals surface area contributed by atoms with Crippen molar-refractivity contribution in [3.63, 3.8) is 0 Å². The molecule has 0 saturated heterocycles. The van der Waals surface area contributed by atoms with Gasteiger partial charge in [0.25, 0.3) is 0 Å². The number of anilines is 1. The average Bonchev–Trinajstić information content (AvgIpc) is 3.18. The molecule has 1 saturated carbocycles. The Morgan fingerprint density at radius 2 is 2.17 bits per heavy atom. The van der Waals surface area contributed by atoms with Crippen LogP contribution in [0, 0.1) is 0 Å². The van der Waals surface area contributed by atoms with Gasteiger partial charge in [-0.3, -0.25) is 0 Å². The van der Waals surface area contributed by atoms with Crippen molar-refractivity contribution in [2.75, 3.05) is 11.4 Å². The fourth-order valence-corrected chi connectivity index (χ4v) is 2.12. The molecule has 1 fully saturated rings. The number of rotatable bonds is 7. The molecular formula is C15H25N3. The van der Waals surface area contributed by atoms with Crippen molar-refractivity contribution < 1.29 is 0 Å². The molecule has 1 heterocycles. The van der Waals surface area contributed by atoms with E-state index < -0.39 is 0 Å². The average molecular weight is 247 g/mol. The number of hydrogen-bond acceptors (Lipinski definition) is 3. The second-order valence-corrected chi connectivity index (χ2v) is 5.47. The molecule has 1 aromatic rings. The largest absolute Gasteiger partial charge is 0.354 e. The molecule has 0 unspecified atom stereocenters. The fourth-order valence-electron chi connectivity index (χ4n) is 2.12. The minimum atomic E-state index is 0.507. The van der Waals surface area contributed by atoms with Crippen molar-refractivity contribution in [1.82, 2.24) is 10.3 Å². The molecule has 3 nitrogen and oxygen atoms in total. The summed E-state index contributed by atoms with van der Waals surface area (Å²) in [6.45, 7) is 8.68. The summed E-state index contributed by atoms with van der Waals surface area (Å²) in [6, 6.07) is 5.62. The van der Waals surface area contributed by atoms with Crippen LogP contribution in [0.15, 0.2) is 18.3 Å². The summed E-state index contributed by atoms with van der Waals surface area (Å²) >= 11 is 0. The maximum absolute atomic E-state index is 4.60. The first kappa shape index (κ1) is 13.3. The van der Waals surface area contributed by atoms with Gasteiger partial charge >= 0.3 is 0 Å². The van der Waals surface area contributed by atoms with E-state index in [0.717, 1.165) is 31.4 Å². The standard InChI is InChI=1S/C15H25N3/c1-4-9-18(12(2)3)15-8-5-13(11-17-15)10-16-14-6-7-14/h5,8,11-12,14,16H,4,6-7,9-10H2,1-3H3. The van der Waals surface area contributed by atoms with Gasteiger partial charge in [0.2, 0.25) is 0 Å². The lowest BCUT2D eigenvalue weighted by Gasteiger charge is -2.27. The van der Waals surface area contributed by atoms with Crippen LogP contribution < -0.4 is 10.2 Å². The van der Waals surface area contributed by atoms with Gasteiger partial charge in [-0.2, -0.15) is 0 Å². The molecule has 18 heavy (non-hydrogen) atoms. The van der Waals surface area contributed by atoms with E-state index in [1.54, 1.807) is 0 Å². The molecule has 100 valence electrons. The van der Waals surface area contributed by atoms with E-state index in [1.807, 2.05) is 6.20 Å². The van der Waals surface area contributed by atoms with Gasteiger partial charge in [-0.15, -0.1) is 0 Å². The van der Waals surface area contributed by atoms with Gasteiger partial charge in [0.1, 0.15) is 5.82 Å². The Morgan fingerprint density at radius 1 is 1.39 bits per heavy atom. The summed E-state index contributed by atoms with van der Waals surface area (Å²) in [6.07, 6.45) is 5.84. The molecule has 1 aliphatic rings. The molecule has 1 N–H and O–H groups in total. The highest BCUT2D eigenvalue weighted by molar-refractivity contribution is 5.40. The number of pyridine rings is 1. The molecule has 0 aromatic carbocycles. The Morgan fingerprint density at radius 3 is 2.67 bits per heavy atom. The van der Waals surface area contributed by atoms with Crippen molar-refractivity contribution in [3.05, 3.63) is 23.9 Å². The Labute approximate surface area is 111 Å². The molecule has 1 aliphatic carbocycles. The molecule has 0 bridgehead atoms. The first-order valence-electron chi connectivity index (χ1n) is 7.15. The van der Waals surface area contributed by atoms with Gasteiger partial charge in [-0.25, -0.2) is 4.98 Å². The van der Waals surface area contributed by atoms with Gasteiger partial charge < -0.3 is 10.2 Å². The van der Waals surface area contributed by atoms with Crippen molar-refractivity contribution in [1.29, 1.82) is 0 Å². The molecule has 0 amide bonds. The highest BCUT2D eigenvalue weighted by Crippen LogP contribution is 2.20. The minimum Gasteiger partial charge on any atom is -0.354 e. The van der Waals surface area contributed by atoms with Crippen molar-refractivity contribution in [3.8, 4) is 0 Å². The van der Waals surface area contributed by atoms with Gasteiger partial charge in [0, 0.05) is 31.4 Å². The maximum Gasteiger partial charge on any atom is 0.128 e. The third kappa shape index (κ3) is 3.70. The van der Waals surface area contributed by atoms with E-state index in [2.05, 4.69) is 48.1 Å². The summed E-state index contributed by atoms with van der Waals surface area (Å²) < 4.78 is 0. The minimum absolute atomic E-state index is 0.507. The van der Waals surface area contributed by atoms with E-state index in [4.69, 9.17) is 0 Å². The molecule has 3 heteroatoms. The fraction of sp³-hybridized carbons (Fsp3) is 0.667. The van der Waals surface area contributed by atoms with E-state index >= 15 is 0 Å². The van der Waals surface area contributed by atoms with E-state index in [-0.39, 0.29) is 0 Å². The molecule has 0 atom stereocenters. The predicted molar refractivity (Wildman–Crippen MR) is 76.9 cm³/mol. The smallest absolute Gasteiger partial charge is 0.128 e. The zero-order valence-electron chi connectivity index (χ0n) is 11.8. The van der Waals surface area contributed by atoms with Crippen LogP contribution in [0.3, 0.4) is 0 Å². The summed E-state index contributed by atoms with van der Waals surface area (Å²) in [5, 5.41) is 3.52. The van der Waals surface area contributed by atoms with Crippen LogP contribution in [0.2, 0.25) is 0 Å². The van der Waals surface area contributed by atoms with Gasteiger partial charge in [-0.05, 0) is 44.7 Å². The molecule has 2 rings (SSSR count). The normalized spacial score (nSPS) is 15.1. The van der Waals surface area contributed by atoms with Crippen LogP contribution in [0.1, 0.15) is 45.6 Å². The lowest BCUT2D eigenvalue weighted by molar-refractivity contribution is 0.659. The zero-order valence-corrected chi connectivity index (χ0v) is 11.8. The molecule has 0 spiro atoms. The number of aromatic nitrogens is 1. The van der Waals surface area contributed by atoms with E-state index in [9.17, 15) is 0 Å².